The highest BCUT2D eigenvalue weighted by Gasteiger charge is 2.30. The van der Waals surface area contributed by atoms with E-state index in [9.17, 15) is 12.8 Å². The molecule has 2 rings (SSSR count). The predicted octanol–water partition coefficient (Wildman–Crippen LogP) is 1.59. The molecule has 21 heavy (non-hydrogen) atoms. The first kappa shape index (κ1) is 16.0. The summed E-state index contributed by atoms with van der Waals surface area (Å²) in [6, 6.07) is 3.48. The molecule has 1 fully saturated rings. The Hall–Kier alpha value is -1.42. The fourth-order valence-corrected chi connectivity index (χ4v) is 3.34. The summed E-state index contributed by atoms with van der Waals surface area (Å²) >= 11 is 0. The normalized spacial score (nSPS) is 14.9. The Bertz CT molecular complexity index is 672. The van der Waals surface area contributed by atoms with Crippen LogP contribution in [0.4, 0.5) is 4.39 Å². The number of halogens is 1. The highest BCUT2D eigenvalue weighted by molar-refractivity contribution is 7.89. The van der Waals surface area contributed by atoms with Crippen LogP contribution in [-0.2, 0) is 10.0 Å². The van der Waals surface area contributed by atoms with Gasteiger partial charge in [-0.05, 0) is 37.0 Å². The van der Waals surface area contributed by atoms with E-state index < -0.39 is 15.8 Å². The van der Waals surface area contributed by atoms with Crippen LogP contribution in [0.25, 0.3) is 0 Å². The van der Waals surface area contributed by atoms with E-state index in [0.717, 1.165) is 25.0 Å². The van der Waals surface area contributed by atoms with Gasteiger partial charge in [0.25, 0.3) is 0 Å². The zero-order chi connectivity index (χ0) is 15.5. The summed E-state index contributed by atoms with van der Waals surface area (Å²) in [6.45, 7) is 0.356. The van der Waals surface area contributed by atoms with E-state index in [1.54, 1.807) is 0 Å². The Labute approximate surface area is 124 Å². The van der Waals surface area contributed by atoms with Gasteiger partial charge in [0.15, 0.2) is 0 Å². The van der Waals surface area contributed by atoms with Gasteiger partial charge in [-0.3, -0.25) is 0 Å². The molecule has 0 saturated heterocycles. The lowest BCUT2D eigenvalue weighted by atomic mass is 10.2. The summed E-state index contributed by atoms with van der Waals surface area (Å²) in [6.07, 6.45) is 2.31. The van der Waals surface area contributed by atoms with Gasteiger partial charge >= 0.3 is 0 Å². The fraction of sp³-hybridized carbons (Fsp3) is 0.467. The van der Waals surface area contributed by atoms with Crippen molar-refractivity contribution in [2.24, 2.45) is 5.92 Å². The van der Waals surface area contributed by atoms with Gasteiger partial charge in [-0.15, -0.1) is 0 Å². The minimum atomic E-state index is -3.68. The van der Waals surface area contributed by atoms with Gasteiger partial charge in [0.05, 0.1) is 11.5 Å². The molecule has 0 aliphatic heterocycles. The second kappa shape index (κ2) is 6.56. The number of hydrogen-bond acceptors (Lipinski definition) is 3. The molecule has 0 amide bonds. The molecule has 0 radical (unpaired) electrons. The monoisotopic (exact) mass is 311 g/mol. The largest absolute Gasteiger partial charge is 0.395 e. The van der Waals surface area contributed by atoms with Crippen LogP contribution in [0.15, 0.2) is 23.1 Å². The van der Waals surface area contributed by atoms with Crippen LogP contribution in [0.3, 0.4) is 0 Å². The Kier molecular flexibility index (Phi) is 4.99. The third-order valence-electron chi connectivity index (χ3n) is 3.30. The number of aliphatic hydroxyl groups excluding tert-OH is 1. The molecule has 0 unspecified atom stereocenters. The van der Waals surface area contributed by atoms with Crippen LogP contribution in [0.2, 0.25) is 0 Å². The van der Waals surface area contributed by atoms with Crippen molar-refractivity contribution < 1.29 is 17.9 Å². The first-order chi connectivity index (χ1) is 9.95. The maximum absolute atomic E-state index is 13.3. The smallest absolute Gasteiger partial charge is 0.244 e. The van der Waals surface area contributed by atoms with Gasteiger partial charge in [-0.2, -0.15) is 0 Å². The molecule has 6 heteroatoms. The molecule has 114 valence electrons. The summed E-state index contributed by atoms with van der Waals surface area (Å²) in [7, 11) is -2.15. The lowest BCUT2D eigenvalue weighted by Crippen LogP contribution is -2.29. The van der Waals surface area contributed by atoms with Crippen molar-refractivity contribution in [3.8, 4) is 11.8 Å². The molecular formula is C15H18FNO3S. The summed E-state index contributed by atoms with van der Waals surface area (Å²) < 4.78 is 39.7. The Morgan fingerprint density at radius 2 is 2.14 bits per heavy atom. The van der Waals surface area contributed by atoms with Crippen molar-refractivity contribution in [1.29, 1.82) is 0 Å². The minimum absolute atomic E-state index is 0.0116. The highest BCUT2D eigenvalue weighted by Crippen LogP contribution is 2.31. The van der Waals surface area contributed by atoms with Gasteiger partial charge in [-0.1, -0.05) is 11.8 Å². The van der Waals surface area contributed by atoms with Crippen LogP contribution < -0.4 is 0 Å². The number of sulfonamides is 1. The van der Waals surface area contributed by atoms with Crippen LogP contribution in [0.1, 0.15) is 24.8 Å². The topological polar surface area (TPSA) is 57.6 Å². The van der Waals surface area contributed by atoms with Crippen LogP contribution >= 0.6 is 0 Å². The first-order valence-corrected chi connectivity index (χ1v) is 8.25. The van der Waals surface area contributed by atoms with Crippen LogP contribution in [-0.4, -0.2) is 38.0 Å². The van der Waals surface area contributed by atoms with E-state index >= 15 is 0 Å². The van der Waals surface area contributed by atoms with Gasteiger partial charge in [0.2, 0.25) is 10.0 Å². The molecule has 1 aromatic rings. The summed E-state index contributed by atoms with van der Waals surface area (Å²) in [4.78, 5) is 0.0116. The van der Waals surface area contributed by atoms with Gasteiger partial charge in [-0.25, -0.2) is 17.1 Å². The molecule has 1 aliphatic rings. The lowest BCUT2D eigenvalue weighted by Gasteiger charge is -2.17. The molecule has 1 N–H and O–H groups in total. The highest BCUT2D eigenvalue weighted by atomic mass is 32.2. The molecule has 0 heterocycles. The Morgan fingerprint density at radius 3 is 2.76 bits per heavy atom. The van der Waals surface area contributed by atoms with Crippen molar-refractivity contribution in [1.82, 2.24) is 4.31 Å². The van der Waals surface area contributed by atoms with Crippen LogP contribution in [0.5, 0.6) is 0 Å². The molecule has 1 aliphatic carbocycles. The van der Waals surface area contributed by atoms with Crippen molar-refractivity contribution in [3.05, 3.63) is 29.6 Å². The van der Waals surface area contributed by atoms with E-state index in [-0.39, 0.29) is 23.5 Å². The van der Waals surface area contributed by atoms with Crippen molar-refractivity contribution in [2.45, 2.75) is 24.2 Å². The number of nitrogens with zero attached hydrogens (tertiary/aromatic N) is 1. The third kappa shape index (κ3) is 4.03. The van der Waals surface area contributed by atoms with Crippen molar-refractivity contribution >= 4 is 10.0 Å². The predicted molar refractivity (Wildman–Crippen MR) is 77.5 cm³/mol. The lowest BCUT2D eigenvalue weighted by molar-refractivity contribution is 0.305. The first-order valence-electron chi connectivity index (χ1n) is 6.81. The van der Waals surface area contributed by atoms with Gasteiger partial charge in [0.1, 0.15) is 5.82 Å². The quantitative estimate of drug-likeness (QED) is 0.840. The Balaban J connectivity index is 2.35. The number of hydrogen-bond donors (Lipinski definition) is 1. The standard InChI is InChI=1S/C15H18FNO3S/c1-17(11-12-5-6-12)21(19,20)15-8-7-14(16)10-13(15)4-2-3-9-18/h7-8,10,12,18H,3,5-6,9,11H2,1H3. The maximum atomic E-state index is 13.3. The molecule has 4 nitrogen and oxygen atoms in total. The van der Waals surface area contributed by atoms with Gasteiger partial charge < -0.3 is 5.11 Å². The molecule has 0 bridgehead atoms. The van der Waals surface area contributed by atoms with Crippen molar-refractivity contribution in [3.63, 3.8) is 0 Å². The van der Waals surface area contributed by atoms with Crippen molar-refractivity contribution in [2.75, 3.05) is 20.2 Å². The van der Waals surface area contributed by atoms with E-state index in [1.165, 1.54) is 17.4 Å². The number of aliphatic hydroxyl groups is 1. The number of benzene rings is 1. The minimum Gasteiger partial charge on any atom is -0.395 e. The van der Waals surface area contributed by atoms with Crippen LogP contribution in [0, 0.1) is 23.6 Å². The zero-order valence-corrected chi connectivity index (χ0v) is 12.7. The van der Waals surface area contributed by atoms with E-state index in [4.69, 9.17) is 5.11 Å². The average molecular weight is 311 g/mol. The average Bonchev–Trinajstić information content (AvgIpc) is 3.22. The summed E-state index contributed by atoms with van der Waals surface area (Å²) in [5.41, 5.74) is 0.131. The summed E-state index contributed by atoms with van der Waals surface area (Å²) in [5, 5.41) is 8.72. The second-order valence-electron chi connectivity index (χ2n) is 5.14. The van der Waals surface area contributed by atoms with E-state index in [1.807, 2.05) is 0 Å². The fourth-order valence-electron chi connectivity index (χ4n) is 1.97. The second-order valence-corrected chi connectivity index (χ2v) is 7.16. The maximum Gasteiger partial charge on any atom is 0.244 e. The molecule has 0 atom stereocenters. The van der Waals surface area contributed by atoms with Gasteiger partial charge in [0, 0.05) is 25.6 Å². The molecule has 1 aromatic carbocycles. The molecule has 1 saturated carbocycles. The third-order valence-corrected chi connectivity index (χ3v) is 5.18. The molecule has 0 spiro atoms. The SMILES string of the molecule is CN(CC1CC1)S(=O)(=O)c1ccc(F)cc1C#CCCO. The van der Waals surface area contributed by atoms with E-state index in [0.29, 0.717) is 12.5 Å². The Morgan fingerprint density at radius 1 is 1.43 bits per heavy atom. The summed E-state index contributed by atoms with van der Waals surface area (Å²) in [5.74, 6) is 5.15. The molecular weight excluding hydrogens is 293 g/mol. The zero-order valence-electron chi connectivity index (χ0n) is 11.8. The molecule has 0 aromatic heterocycles. The number of rotatable bonds is 5. The van der Waals surface area contributed by atoms with E-state index in [2.05, 4.69) is 11.8 Å².